The van der Waals surface area contributed by atoms with E-state index in [0.717, 1.165) is 29.3 Å². The van der Waals surface area contributed by atoms with Gasteiger partial charge in [0, 0.05) is 38.6 Å². The summed E-state index contributed by atoms with van der Waals surface area (Å²) >= 11 is 0. The maximum Gasteiger partial charge on any atom is 0.243 e. The Morgan fingerprint density at radius 2 is 1.84 bits per heavy atom. The molecule has 0 radical (unpaired) electrons. The van der Waals surface area contributed by atoms with Gasteiger partial charge in [-0.25, -0.2) is 8.42 Å². The van der Waals surface area contributed by atoms with E-state index in [1.807, 2.05) is 59.1 Å². The summed E-state index contributed by atoms with van der Waals surface area (Å²) in [5.41, 5.74) is 1.02. The Hall–Kier alpha value is -2.68. The Morgan fingerprint density at radius 3 is 2.50 bits per heavy atom. The molecule has 0 atom stereocenters. The molecule has 0 N–H and O–H groups in total. The van der Waals surface area contributed by atoms with Crippen molar-refractivity contribution in [1.29, 1.82) is 0 Å². The van der Waals surface area contributed by atoms with Crippen molar-refractivity contribution in [3.8, 4) is 0 Å². The quantitative estimate of drug-likeness (QED) is 0.471. The Balaban J connectivity index is 1.58. The molecule has 2 aromatic carbocycles. The molecule has 0 saturated heterocycles. The highest BCUT2D eigenvalue weighted by Crippen LogP contribution is 2.29. The van der Waals surface area contributed by atoms with Crippen LogP contribution in [-0.2, 0) is 33.1 Å². The predicted molar refractivity (Wildman–Crippen MR) is 124 cm³/mol. The van der Waals surface area contributed by atoms with Crippen molar-refractivity contribution < 1.29 is 17.9 Å². The molecular formula is C24H29N3O4S. The van der Waals surface area contributed by atoms with Crippen LogP contribution < -0.4 is 0 Å². The van der Waals surface area contributed by atoms with Crippen molar-refractivity contribution in [2.45, 2.75) is 30.3 Å². The summed E-state index contributed by atoms with van der Waals surface area (Å²) in [5.74, 6) is -0.186. The van der Waals surface area contributed by atoms with Gasteiger partial charge in [0.1, 0.15) is 0 Å². The molecule has 1 aliphatic carbocycles. The largest absolute Gasteiger partial charge is 0.383 e. The number of aryl methyl sites for hydroxylation is 1. The number of benzene rings is 2. The van der Waals surface area contributed by atoms with Crippen LogP contribution in [0.25, 0.3) is 10.8 Å². The van der Waals surface area contributed by atoms with Crippen LogP contribution in [-0.4, -0.2) is 60.9 Å². The van der Waals surface area contributed by atoms with Gasteiger partial charge in [-0.15, -0.1) is 0 Å². The molecule has 1 amide bonds. The first-order chi connectivity index (χ1) is 15.4. The van der Waals surface area contributed by atoms with Gasteiger partial charge in [-0.05, 0) is 47.9 Å². The van der Waals surface area contributed by atoms with E-state index in [2.05, 4.69) is 0 Å². The Labute approximate surface area is 189 Å². The number of fused-ring (bicyclic) bond motifs is 1. The normalized spacial score (nSPS) is 14.2. The fourth-order valence-electron chi connectivity index (χ4n) is 3.84. The van der Waals surface area contributed by atoms with Gasteiger partial charge < -0.3 is 14.2 Å². The minimum Gasteiger partial charge on any atom is -0.383 e. The summed E-state index contributed by atoms with van der Waals surface area (Å²) in [5, 5.41) is 1.81. The van der Waals surface area contributed by atoms with Crippen LogP contribution in [0.2, 0.25) is 0 Å². The average molecular weight is 456 g/mol. The first kappa shape index (κ1) is 22.5. The highest BCUT2D eigenvalue weighted by atomic mass is 32.2. The summed E-state index contributed by atoms with van der Waals surface area (Å²) in [6.07, 6.45) is 3.84. The maximum atomic E-state index is 13.5. The number of ether oxygens (including phenoxy) is 1. The topological polar surface area (TPSA) is 71.8 Å². The van der Waals surface area contributed by atoms with E-state index >= 15 is 0 Å². The van der Waals surface area contributed by atoms with E-state index in [0.29, 0.717) is 6.54 Å². The molecule has 1 aromatic heterocycles. The monoisotopic (exact) mass is 455 g/mol. The Morgan fingerprint density at radius 1 is 1.09 bits per heavy atom. The number of nitrogens with zero attached hydrogens (tertiary/aromatic N) is 3. The molecule has 0 spiro atoms. The Kier molecular flexibility index (Phi) is 6.64. The minimum atomic E-state index is -3.87. The van der Waals surface area contributed by atoms with E-state index in [-0.39, 0.29) is 36.5 Å². The highest BCUT2D eigenvalue weighted by Gasteiger charge is 2.35. The SMILES string of the molecule is COCCN(CC(=O)N(Cc1cccn1C)C1CC1)S(=O)(=O)c1ccc2ccccc2c1. The summed E-state index contributed by atoms with van der Waals surface area (Å²) in [6, 6.07) is 16.8. The molecule has 1 saturated carbocycles. The zero-order valence-corrected chi connectivity index (χ0v) is 19.3. The number of aromatic nitrogens is 1. The highest BCUT2D eigenvalue weighted by molar-refractivity contribution is 7.89. The molecule has 1 aliphatic rings. The van der Waals surface area contributed by atoms with Gasteiger partial charge in [0.2, 0.25) is 15.9 Å². The van der Waals surface area contributed by atoms with E-state index in [4.69, 9.17) is 4.74 Å². The number of carbonyl (C=O) groups is 1. The first-order valence-corrected chi connectivity index (χ1v) is 12.2. The van der Waals surface area contributed by atoms with E-state index in [9.17, 15) is 13.2 Å². The van der Waals surface area contributed by atoms with Crippen LogP contribution >= 0.6 is 0 Å². The number of sulfonamides is 1. The summed E-state index contributed by atoms with van der Waals surface area (Å²) in [6.45, 7) is 0.585. The van der Waals surface area contributed by atoms with E-state index in [1.165, 1.54) is 11.4 Å². The molecule has 170 valence electrons. The van der Waals surface area contributed by atoms with Gasteiger partial charge in [-0.3, -0.25) is 4.79 Å². The van der Waals surface area contributed by atoms with Crippen molar-refractivity contribution >= 4 is 26.7 Å². The maximum absolute atomic E-state index is 13.5. The van der Waals surface area contributed by atoms with Gasteiger partial charge in [0.05, 0.1) is 24.6 Å². The number of amides is 1. The lowest BCUT2D eigenvalue weighted by molar-refractivity contribution is -0.132. The zero-order chi connectivity index (χ0) is 22.7. The third kappa shape index (κ3) is 4.87. The molecule has 7 nitrogen and oxygen atoms in total. The molecule has 1 fully saturated rings. The van der Waals surface area contributed by atoms with Crippen molar-refractivity contribution in [2.24, 2.45) is 7.05 Å². The van der Waals surface area contributed by atoms with Crippen LogP contribution in [0.5, 0.6) is 0 Å². The molecular weight excluding hydrogens is 426 g/mol. The van der Waals surface area contributed by atoms with Crippen molar-refractivity contribution in [3.05, 3.63) is 66.5 Å². The van der Waals surface area contributed by atoms with Crippen LogP contribution in [0.1, 0.15) is 18.5 Å². The fraction of sp³-hybridized carbons (Fsp3) is 0.375. The lowest BCUT2D eigenvalue weighted by Gasteiger charge is -2.27. The van der Waals surface area contributed by atoms with Gasteiger partial charge in [0.15, 0.2) is 0 Å². The summed E-state index contributed by atoms with van der Waals surface area (Å²) in [7, 11) is -0.401. The van der Waals surface area contributed by atoms with Gasteiger partial charge >= 0.3 is 0 Å². The van der Waals surface area contributed by atoms with Gasteiger partial charge in [0.25, 0.3) is 0 Å². The molecule has 3 aromatic rings. The number of hydrogen-bond acceptors (Lipinski definition) is 4. The molecule has 0 unspecified atom stereocenters. The first-order valence-electron chi connectivity index (χ1n) is 10.8. The average Bonchev–Trinajstić information content (AvgIpc) is 3.55. The minimum absolute atomic E-state index is 0.111. The van der Waals surface area contributed by atoms with E-state index in [1.54, 1.807) is 18.2 Å². The third-order valence-corrected chi connectivity index (χ3v) is 7.75. The van der Waals surface area contributed by atoms with Crippen LogP contribution in [0, 0.1) is 0 Å². The van der Waals surface area contributed by atoms with Gasteiger partial charge in [-0.1, -0.05) is 30.3 Å². The number of carbonyl (C=O) groups excluding carboxylic acids is 1. The molecule has 8 heteroatoms. The molecule has 4 rings (SSSR count). The molecule has 1 heterocycles. The smallest absolute Gasteiger partial charge is 0.243 e. The molecule has 0 bridgehead atoms. The standard InChI is InChI=1S/C24H29N3O4S/c1-25-13-5-8-22(25)17-27(21-10-11-21)24(28)18-26(14-15-31-2)32(29,30)23-12-9-19-6-3-4-7-20(19)16-23/h3-9,12-13,16,21H,10-11,14-15,17-18H2,1-2H3. The van der Waals surface area contributed by atoms with Gasteiger partial charge in [-0.2, -0.15) is 4.31 Å². The Bertz CT molecular complexity index is 1200. The second-order valence-electron chi connectivity index (χ2n) is 8.20. The second-order valence-corrected chi connectivity index (χ2v) is 10.1. The van der Waals surface area contributed by atoms with Crippen molar-refractivity contribution in [1.82, 2.24) is 13.8 Å². The summed E-state index contributed by atoms with van der Waals surface area (Å²) in [4.78, 5) is 15.3. The van der Waals surface area contributed by atoms with Crippen LogP contribution in [0.4, 0.5) is 0 Å². The van der Waals surface area contributed by atoms with E-state index < -0.39 is 10.0 Å². The summed E-state index contributed by atoms with van der Waals surface area (Å²) < 4.78 is 35.3. The zero-order valence-electron chi connectivity index (χ0n) is 18.5. The van der Waals surface area contributed by atoms with Crippen LogP contribution in [0.15, 0.2) is 65.7 Å². The molecule has 0 aliphatic heterocycles. The lowest BCUT2D eigenvalue weighted by Crippen LogP contribution is -2.44. The van der Waals surface area contributed by atoms with Crippen LogP contribution in [0.3, 0.4) is 0 Å². The van der Waals surface area contributed by atoms with Crippen molar-refractivity contribution in [2.75, 3.05) is 26.8 Å². The number of methoxy groups -OCH3 is 1. The van der Waals surface area contributed by atoms with Crippen molar-refractivity contribution in [3.63, 3.8) is 0 Å². The predicted octanol–water partition coefficient (Wildman–Crippen LogP) is 3.01. The third-order valence-electron chi connectivity index (χ3n) is 5.91. The lowest BCUT2D eigenvalue weighted by atomic mass is 10.1. The number of rotatable bonds is 10. The second kappa shape index (κ2) is 9.44. The number of hydrogen-bond donors (Lipinski definition) is 0. The molecule has 32 heavy (non-hydrogen) atoms. The fourth-order valence-corrected chi connectivity index (χ4v) is 5.25.